The van der Waals surface area contributed by atoms with Crippen LogP contribution in [-0.2, 0) is 14.8 Å². The van der Waals surface area contributed by atoms with Crippen molar-refractivity contribution in [3.63, 3.8) is 0 Å². The number of nitrogens with one attached hydrogen (secondary N) is 1. The first-order chi connectivity index (χ1) is 13.2. The van der Waals surface area contributed by atoms with E-state index >= 15 is 0 Å². The van der Waals surface area contributed by atoms with Gasteiger partial charge in [-0.15, -0.1) is 0 Å². The van der Waals surface area contributed by atoms with E-state index in [4.69, 9.17) is 20.8 Å². The molecule has 8 nitrogen and oxygen atoms in total. The zero-order chi connectivity index (χ0) is 20.5. The smallest absolute Gasteiger partial charge is 0.336 e. The zero-order valence-corrected chi connectivity index (χ0v) is 16.9. The maximum atomic E-state index is 12.9. The lowest BCUT2D eigenvalue weighted by atomic mass is 10.1. The molecule has 0 atom stereocenters. The van der Waals surface area contributed by atoms with E-state index in [1.165, 1.54) is 35.5 Å². The second kappa shape index (κ2) is 8.04. The predicted molar refractivity (Wildman–Crippen MR) is 103 cm³/mol. The average Bonchev–Trinajstić information content (AvgIpc) is 2.63. The van der Waals surface area contributed by atoms with E-state index in [-0.39, 0.29) is 40.0 Å². The number of anilines is 1. The Hall–Kier alpha value is -2.20. The molecule has 28 heavy (non-hydrogen) atoms. The van der Waals surface area contributed by atoms with Crippen molar-refractivity contribution in [2.45, 2.75) is 18.7 Å². The predicted octanol–water partition coefficient (Wildman–Crippen LogP) is 2.18. The highest BCUT2D eigenvalue weighted by molar-refractivity contribution is 7.89. The molecule has 2 heterocycles. The SMILES string of the molecule is Cc1cc(=O)oc(C)c1C(=O)Nc1ccc(Cl)c(S(=O)(=O)N2CCOCC2)c1. The molecule has 1 saturated heterocycles. The van der Waals surface area contributed by atoms with Gasteiger partial charge in [0.1, 0.15) is 10.7 Å². The lowest BCUT2D eigenvalue weighted by Gasteiger charge is -2.26. The van der Waals surface area contributed by atoms with Gasteiger partial charge in [-0.3, -0.25) is 4.79 Å². The van der Waals surface area contributed by atoms with E-state index < -0.39 is 21.6 Å². The monoisotopic (exact) mass is 426 g/mol. The summed E-state index contributed by atoms with van der Waals surface area (Å²) in [5.74, 6) is -0.339. The van der Waals surface area contributed by atoms with Gasteiger partial charge in [-0.1, -0.05) is 11.6 Å². The van der Waals surface area contributed by atoms with Crippen LogP contribution in [0.1, 0.15) is 21.7 Å². The summed E-state index contributed by atoms with van der Waals surface area (Å²) in [5.41, 5.74) is 0.386. The molecular weight excluding hydrogens is 408 g/mol. The fraction of sp³-hybridized carbons (Fsp3) is 0.333. The fourth-order valence-electron chi connectivity index (χ4n) is 3.00. The van der Waals surface area contributed by atoms with Crippen LogP contribution in [0.15, 0.2) is 38.4 Å². The van der Waals surface area contributed by atoms with Crippen LogP contribution in [0.3, 0.4) is 0 Å². The summed E-state index contributed by atoms with van der Waals surface area (Å²) in [5, 5.41) is 2.69. The van der Waals surface area contributed by atoms with Crippen molar-refractivity contribution >= 4 is 33.2 Å². The normalized spacial score (nSPS) is 15.4. The third kappa shape index (κ3) is 4.12. The van der Waals surface area contributed by atoms with Crippen molar-refractivity contribution in [3.8, 4) is 0 Å². The van der Waals surface area contributed by atoms with Gasteiger partial charge in [0.25, 0.3) is 5.91 Å². The molecule has 0 radical (unpaired) electrons. The topological polar surface area (TPSA) is 106 Å². The van der Waals surface area contributed by atoms with Gasteiger partial charge in [-0.25, -0.2) is 13.2 Å². The van der Waals surface area contributed by atoms with Gasteiger partial charge in [0.2, 0.25) is 10.0 Å². The second-order valence-electron chi connectivity index (χ2n) is 6.30. The quantitative estimate of drug-likeness (QED) is 0.803. The number of sulfonamides is 1. The van der Waals surface area contributed by atoms with Crippen molar-refractivity contribution in [3.05, 3.63) is 56.6 Å². The molecule has 10 heteroatoms. The van der Waals surface area contributed by atoms with Gasteiger partial charge in [0.15, 0.2) is 0 Å². The van der Waals surface area contributed by atoms with Crippen molar-refractivity contribution in [1.29, 1.82) is 0 Å². The van der Waals surface area contributed by atoms with Crippen molar-refractivity contribution in [1.82, 2.24) is 4.31 Å². The van der Waals surface area contributed by atoms with Gasteiger partial charge in [0, 0.05) is 24.8 Å². The van der Waals surface area contributed by atoms with Crippen LogP contribution in [0.5, 0.6) is 0 Å². The van der Waals surface area contributed by atoms with Crippen molar-refractivity contribution in [2.24, 2.45) is 0 Å². The molecule has 0 aliphatic carbocycles. The molecule has 1 aliphatic heterocycles. The van der Waals surface area contributed by atoms with Crippen LogP contribution in [0.4, 0.5) is 5.69 Å². The highest BCUT2D eigenvalue weighted by atomic mass is 35.5. The molecule has 3 rings (SSSR count). The molecule has 150 valence electrons. The van der Waals surface area contributed by atoms with E-state index in [2.05, 4.69) is 5.32 Å². The lowest BCUT2D eigenvalue weighted by Crippen LogP contribution is -2.40. The third-order valence-corrected chi connectivity index (χ3v) is 6.72. The molecule has 1 aromatic heterocycles. The summed E-state index contributed by atoms with van der Waals surface area (Å²) in [6, 6.07) is 5.45. The number of morpholine rings is 1. The maximum Gasteiger partial charge on any atom is 0.336 e. The summed E-state index contributed by atoms with van der Waals surface area (Å²) >= 11 is 6.12. The Morgan fingerprint density at radius 2 is 1.86 bits per heavy atom. The lowest BCUT2D eigenvalue weighted by molar-refractivity contribution is 0.0730. The molecule has 1 amide bonds. The second-order valence-corrected chi connectivity index (χ2v) is 8.61. The van der Waals surface area contributed by atoms with Crippen LogP contribution < -0.4 is 10.9 Å². The number of aryl methyl sites for hydroxylation is 2. The number of halogens is 1. The van der Waals surface area contributed by atoms with Gasteiger partial charge in [-0.2, -0.15) is 4.31 Å². The van der Waals surface area contributed by atoms with E-state index in [0.717, 1.165) is 0 Å². The summed E-state index contributed by atoms with van der Waals surface area (Å²) in [4.78, 5) is 23.9. The summed E-state index contributed by atoms with van der Waals surface area (Å²) in [6.07, 6.45) is 0. The number of hydrogen-bond donors (Lipinski definition) is 1. The summed E-state index contributed by atoms with van der Waals surface area (Å²) < 4.78 is 37.2. The molecule has 1 N–H and O–H groups in total. The number of ether oxygens (including phenoxy) is 1. The van der Waals surface area contributed by atoms with Crippen molar-refractivity contribution < 1.29 is 22.4 Å². The Morgan fingerprint density at radius 3 is 2.50 bits per heavy atom. The molecule has 1 aromatic carbocycles. The average molecular weight is 427 g/mol. The van der Waals surface area contributed by atoms with E-state index in [0.29, 0.717) is 18.8 Å². The van der Waals surface area contributed by atoms with Crippen LogP contribution in [-0.4, -0.2) is 44.9 Å². The first-order valence-corrected chi connectivity index (χ1v) is 10.3. The minimum atomic E-state index is -3.83. The molecule has 0 bridgehead atoms. The van der Waals surface area contributed by atoms with Gasteiger partial charge in [-0.05, 0) is 37.6 Å². The van der Waals surface area contributed by atoms with E-state index in [1.54, 1.807) is 6.92 Å². The van der Waals surface area contributed by atoms with Crippen LogP contribution in [0, 0.1) is 13.8 Å². The fourth-order valence-corrected chi connectivity index (χ4v) is 4.90. The summed E-state index contributed by atoms with van der Waals surface area (Å²) in [6.45, 7) is 4.22. The van der Waals surface area contributed by atoms with Gasteiger partial charge >= 0.3 is 5.63 Å². The largest absolute Gasteiger partial charge is 0.427 e. The Labute approximate surface area is 167 Å². The van der Waals surface area contributed by atoms with Gasteiger partial charge in [0.05, 0.1) is 23.8 Å². The minimum Gasteiger partial charge on any atom is -0.427 e. The maximum absolute atomic E-state index is 12.9. The van der Waals surface area contributed by atoms with Crippen LogP contribution >= 0.6 is 11.6 Å². The molecule has 0 saturated carbocycles. The Balaban J connectivity index is 1.92. The molecule has 0 unspecified atom stereocenters. The first-order valence-electron chi connectivity index (χ1n) is 8.50. The van der Waals surface area contributed by atoms with E-state index in [1.807, 2.05) is 0 Å². The highest BCUT2D eigenvalue weighted by Crippen LogP contribution is 2.28. The Kier molecular flexibility index (Phi) is 5.90. The zero-order valence-electron chi connectivity index (χ0n) is 15.3. The molecule has 1 fully saturated rings. The molecule has 2 aromatic rings. The molecule has 0 spiro atoms. The number of nitrogens with zero attached hydrogens (tertiary/aromatic N) is 1. The first kappa shape index (κ1) is 20.5. The highest BCUT2D eigenvalue weighted by Gasteiger charge is 2.29. The standard InChI is InChI=1S/C18H19ClN2O6S/c1-11-9-16(22)27-12(2)17(11)18(23)20-13-3-4-14(19)15(10-13)28(24,25)21-5-7-26-8-6-21/h3-4,9-10H,5-8H2,1-2H3,(H,20,23). The Bertz CT molecular complexity index is 1050. The minimum absolute atomic E-state index is 0.0579. The van der Waals surface area contributed by atoms with Crippen LogP contribution in [0.2, 0.25) is 5.02 Å². The molecular formula is C18H19ClN2O6S. The summed E-state index contributed by atoms with van der Waals surface area (Å²) in [7, 11) is -3.83. The number of hydrogen-bond acceptors (Lipinski definition) is 6. The third-order valence-electron chi connectivity index (χ3n) is 4.34. The number of rotatable bonds is 4. The number of carbonyl (C=O) groups is 1. The number of amides is 1. The number of benzene rings is 1. The van der Waals surface area contributed by atoms with E-state index in [9.17, 15) is 18.0 Å². The number of carbonyl (C=O) groups excluding carboxylic acids is 1. The van der Waals surface area contributed by atoms with Crippen LogP contribution in [0.25, 0.3) is 0 Å². The van der Waals surface area contributed by atoms with Crippen molar-refractivity contribution in [2.75, 3.05) is 31.6 Å². The molecule has 1 aliphatic rings. The van der Waals surface area contributed by atoms with Gasteiger partial charge < -0.3 is 14.5 Å². The Morgan fingerprint density at radius 1 is 1.18 bits per heavy atom.